The minimum Gasteiger partial charge on any atom is -0.453 e. The van der Waals surface area contributed by atoms with Crippen molar-refractivity contribution in [3.05, 3.63) is 70.2 Å². The maximum Gasteiger partial charge on any atom is 0.330 e. The van der Waals surface area contributed by atoms with Crippen molar-refractivity contribution in [1.82, 2.24) is 4.90 Å². The van der Waals surface area contributed by atoms with Crippen molar-refractivity contribution < 1.29 is 23.9 Å². The number of ether oxygens (including phenoxy) is 1. The summed E-state index contributed by atoms with van der Waals surface area (Å²) in [6.45, 7) is 4.87. The van der Waals surface area contributed by atoms with E-state index in [1.807, 2.05) is 0 Å². The van der Waals surface area contributed by atoms with Gasteiger partial charge in [-0.1, -0.05) is 37.6 Å². The van der Waals surface area contributed by atoms with Crippen LogP contribution in [0.5, 0.6) is 0 Å². The van der Waals surface area contributed by atoms with E-state index in [0.717, 1.165) is 4.90 Å². The number of hydrogen-bond acceptors (Lipinski definition) is 5. The number of hydrogen-bond donors (Lipinski definition) is 0. The highest BCUT2D eigenvalue weighted by atomic mass is 35.5. The van der Waals surface area contributed by atoms with Crippen LogP contribution in [-0.4, -0.2) is 40.6 Å². The highest BCUT2D eigenvalue weighted by molar-refractivity contribution is 6.30. The molecule has 6 nitrogen and oxygen atoms in total. The van der Waals surface area contributed by atoms with Gasteiger partial charge in [-0.05, 0) is 49.2 Å². The van der Waals surface area contributed by atoms with Crippen molar-refractivity contribution in [3.8, 4) is 0 Å². The zero-order valence-electron chi connectivity index (χ0n) is 16.2. The second kappa shape index (κ2) is 8.17. The molecule has 3 rings (SSSR count). The quantitative estimate of drug-likeness (QED) is 0.409. The molecule has 1 heterocycles. The van der Waals surface area contributed by atoms with Gasteiger partial charge in [0.2, 0.25) is 5.78 Å². The van der Waals surface area contributed by atoms with Gasteiger partial charge >= 0.3 is 5.97 Å². The summed E-state index contributed by atoms with van der Waals surface area (Å²) in [5, 5.41) is 0.483. The van der Waals surface area contributed by atoms with E-state index in [9.17, 15) is 19.2 Å². The maximum atomic E-state index is 12.9. The molecule has 2 aromatic carbocycles. The van der Waals surface area contributed by atoms with Crippen molar-refractivity contribution in [3.63, 3.8) is 0 Å². The molecule has 150 valence electrons. The molecular formula is C22H20ClNO5. The fraction of sp³-hybridized carbons (Fsp3) is 0.273. The smallest absolute Gasteiger partial charge is 0.330 e. The number of nitrogens with zero attached hydrogens (tertiary/aromatic N) is 1. The number of ketones is 1. The molecule has 0 aromatic heterocycles. The average Bonchev–Trinajstić information content (AvgIpc) is 2.93. The van der Waals surface area contributed by atoms with E-state index >= 15 is 0 Å². The monoisotopic (exact) mass is 413 g/mol. The fourth-order valence-corrected chi connectivity index (χ4v) is 3.41. The predicted molar refractivity (Wildman–Crippen MR) is 107 cm³/mol. The van der Waals surface area contributed by atoms with E-state index in [0.29, 0.717) is 10.6 Å². The lowest BCUT2D eigenvalue weighted by atomic mass is 10.0. The lowest BCUT2D eigenvalue weighted by Crippen LogP contribution is -2.49. The van der Waals surface area contributed by atoms with Crippen LogP contribution in [0.4, 0.5) is 0 Å². The Morgan fingerprint density at radius 3 is 1.90 bits per heavy atom. The van der Waals surface area contributed by atoms with Crippen LogP contribution in [-0.2, 0) is 9.53 Å². The molecule has 1 aliphatic heterocycles. The summed E-state index contributed by atoms with van der Waals surface area (Å²) in [6.07, 6.45) is -1.08. The Balaban J connectivity index is 1.80. The van der Waals surface area contributed by atoms with Gasteiger partial charge in [0.25, 0.3) is 11.8 Å². The van der Waals surface area contributed by atoms with E-state index in [1.54, 1.807) is 62.4 Å². The molecule has 0 unspecified atom stereocenters. The summed E-state index contributed by atoms with van der Waals surface area (Å²) in [5.41, 5.74) is 0.846. The second-order valence-electron chi connectivity index (χ2n) is 7.17. The Morgan fingerprint density at radius 1 is 0.897 bits per heavy atom. The van der Waals surface area contributed by atoms with Crippen LogP contribution in [0, 0.1) is 5.92 Å². The average molecular weight is 414 g/mol. The van der Waals surface area contributed by atoms with Crippen LogP contribution in [0.3, 0.4) is 0 Å². The van der Waals surface area contributed by atoms with Crippen LogP contribution in [0.15, 0.2) is 48.5 Å². The molecule has 2 amide bonds. The number of rotatable bonds is 6. The number of amides is 2. The molecule has 0 spiro atoms. The van der Waals surface area contributed by atoms with Gasteiger partial charge in [0.15, 0.2) is 6.10 Å². The second-order valence-corrected chi connectivity index (χ2v) is 7.60. The number of Topliss-reactive ketones (excluding diaryl/α,β-unsaturated/α-hetero) is 1. The third kappa shape index (κ3) is 3.93. The molecule has 2 aromatic rings. The highest BCUT2D eigenvalue weighted by Crippen LogP contribution is 2.28. The van der Waals surface area contributed by atoms with Gasteiger partial charge in [0.05, 0.1) is 11.1 Å². The molecule has 0 bridgehead atoms. The molecule has 29 heavy (non-hydrogen) atoms. The Labute approximate surface area is 173 Å². The normalized spacial score (nSPS) is 15.3. The lowest BCUT2D eigenvalue weighted by molar-refractivity contribution is -0.152. The zero-order valence-corrected chi connectivity index (χ0v) is 17.0. The summed E-state index contributed by atoms with van der Waals surface area (Å²) in [6, 6.07) is 11.5. The number of carbonyl (C=O) groups is 4. The third-order valence-electron chi connectivity index (χ3n) is 4.77. The molecule has 1 aliphatic rings. The lowest BCUT2D eigenvalue weighted by Gasteiger charge is -2.28. The van der Waals surface area contributed by atoms with Gasteiger partial charge < -0.3 is 4.74 Å². The van der Waals surface area contributed by atoms with Gasteiger partial charge in [0.1, 0.15) is 6.04 Å². The zero-order chi connectivity index (χ0) is 21.3. The number of esters is 1. The summed E-state index contributed by atoms with van der Waals surface area (Å²) in [5.74, 6) is -2.69. The first-order valence-corrected chi connectivity index (χ1v) is 9.57. The molecule has 7 heteroatoms. The van der Waals surface area contributed by atoms with Gasteiger partial charge in [-0.2, -0.15) is 0 Å². The third-order valence-corrected chi connectivity index (χ3v) is 5.02. The number of benzene rings is 2. The van der Waals surface area contributed by atoms with Crippen LogP contribution >= 0.6 is 11.6 Å². The summed E-state index contributed by atoms with van der Waals surface area (Å²) in [7, 11) is 0. The Bertz CT molecular complexity index is 948. The SMILES string of the molecule is CC(C)[C@H](C(=O)O[C@H](C)C(=O)c1ccc(Cl)cc1)N1C(=O)c2ccccc2C1=O. The molecule has 0 aliphatic carbocycles. The van der Waals surface area contributed by atoms with Crippen LogP contribution in [0.1, 0.15) is 51.8 Å². The summed E-state index contributed by atoms with van der Waals surface area (Å²) in [4.78, 5) is 51.8. The van der Waals surface area contributed by atoms with Crippen molar-refractivity contribution in [2.75, 3.05) is 0 Å². The molecule has 2 atom stereocenters. The molecule has 0 saturated carbocycles. The molecule has 0 N–H and O–H groups in total. The summed E-state index contributed by atoms with van der Waals surface area (Å²) >= 11 is 5.83. The van der Waals surface area contributed by atoms with E-state index in [2.05, 4.69) is 0 Å². The van der Waals surface area contributed by atoms with E-state index in [4.69, 9.17) is 16.3 Å². The number of carbonyl (C=O) groups excluding carboxylic acids is 4. The first-order chi connectivity index (χ1) is 13.7. The molecule has 0 saturated heterocycles. The Morgan fingerprint density at radius 2 is 1.41 bits per heavy atom. The molecular weight excluding hydrogens is 394 g/mol. The minimum atomic E-state index is -1.14. The molecule has 0 radical (unpaired) electrons. The van der Waals surface area contributed by atoms with Gasteiger partial charge in [-0.15, -0.1) is 0 Å². The number of fused-ring (bicyclic) bond motifs is 1. The maximum absolute atomic E-state index is 12.9. The van der Waals surface area contributed by atoms with Gasteiger partial charge in [0, 0.05) is 10.6 Å². The first kappa shape index (κ1) is 20.7. The Kier molecular flexibility index (Phi) is 5.84. The predicted octanol–water partition coefficient (Wildman–Crippen LogP) is 3.78. The number of halogens is 1. The first-order valence-electron chi connectivity index (χ1n) is 9.19. The van der Waals surface area contributed by atoms with Gasteiger partial charge in [-0.3, -0.25) is 19.3 Å². The van der Waals surface area contributed by atoms with E-state index in [-0.39, 0.29) is 11.1 Å². The Hall–Kier alpha value is -2.99. The van der Waals surface area contributed by atoms with E-state index < -0.39 is 41.6 Å². The molecule has 0 fully saturated rings. The van der Waals surface area contributed by atoms with Crippen molar-refractivity contribution in [1.29, 1.82) is 0 Å². The largest absolute Gasteiger partial charge is 0.453 e. The standard InChI is InChI=1S/C22H20ClNO5/c1-12(2)18(24-20(26)16-6-4-5-7-17(16)21(24)27)22(28)29-13(3)19(25)14-8-10-15(23)11-9-14/h4-13,18H,1-3H3/t13-,18-/m1/s1. The van der Waals surface area contributed by atoms with Crippen LogP contribution in [0.25, 0.3) is 0 Å². The highest BCUT2D eigenvalue weighted by Gasteiger charge is 2.45. The topological polar surface area (TPSA) is 80.8 Å². The summed E-state index contributed by atoms with van der Waals surface area (Å²) < 4.78 is 5.36. The van der Waals surface area contributed by atoms with Crippen molar-refractivity contribution >= 4 is 35.2 Å². The van der Waals surface area contributed by atoms with Crippen molar-refractivity contribution in [2.45, 2.75) is 32.9 Å². The van der Waals surface area contributed by atoms with E-state index in [1.165, 1.54) is 6.92 Å². The van der Waals surface area contributed by atoms with Crippen LogP contribution in [0.2, 0.25) is 5.02 Å². The van der Waals surface area contributed by atoms with Crippen LogP contribution < -0.4 is 0 Å². The number of imide groups is 1. The fourth-order valence-electron chi connectivity index (χ4n) is 3.28. The van der Waals surface area contributed by atoms with Gasteiger partial charge in [-0.25, -0.2) is 4.79 Å². The minimum absolute atomic E-state index is 0.251. The van der Waals surface area contributed by atoms with Crippen molar-refractivity contribution in [2.24, 2.45) is 5.92 Å².